The van der Waals surface area contributed by atoms with Gasteiger partial charge in [-0.05, 0) is 43.2 Å². The van der Waals surface area contributed by atoms with Crippen LogP contribution in [0.5, 0.6) is 0 Å². The Morgan fingerprint density at radius 1 is 1.09 bits per heavy atom. The van der Waals surface area contributed by atoms with Crippen molar-refractivity contribution in [2.75, 3.05) is 5.32 Å². The van der Waals surface area contributed by atoms with Gasteiger partial charge in [-0.3, -0.25) is 4.79 Å². The van der Waals surface area contributed by atoms with Gasteiger partial charge in [-0.1, -0.05) is 47.1 Å². The van der Waals surface area contributed by atoms with Crippen LogP contribution in [0.25, 0.3) is 16.8 Å². The number of carbonyl (C=O) groups is 1. The number of para-hydroxylation sites is 1. The van der Waals surface area contributed by atoms with Gasteiger partial charge in [-0.25, -0.2) is 4.52 Å². The molecule has 1 N–H and O–H groups in total. The predicted octanol–water partition coefficient (Wildman–Crippen LogP) is 5.70. The first-order valence-electron chi connectivity index (χ1n) is 9.69. The fourth-order valence-corrected chi connectivity index (χ4v) is 3.70. The van der Waals surface area contributed by atoms with Crippen LogP contribution >= 0.6 is 15.9 Å². The second-order valence-corrected chi connectivity index (χ2v) is 7.96. The number of nitrogens with one attached hydrogen (secondary N) is 1. The lowest BCUT2D eigenvalue weighted by atomic mass is 10.0. The molecule has 4 rings (SSSR count). The van der Waals surface area contributed by atoms with E-state index in [0.29, 0.717) is 17.8 Å². The molecule has 0 radical (unpaired) electrons. The minimum Gasteiger partial charge on any atom is -0.320 e. The number of hydrogen-bond acceptors (Lipinski definition) is 4. The lowest BCUT2D eigenvalue weighted by Crippen LogP contribution is -2.20. The summed E-state index contributed by atoms with van der Waals surface area (Å²) >= 11 is 3.41. The minimum absolute atomic E-state index is 0.109. The van der Waals surface area contributed by atoms with E-state index < -0.39 is 17.6 Å². The third-order valence-corrected chi connectivity index (χ3v) is 5.53. The molecule has 1 amide bonds. The number of benzene rings is 2. The number of amides is 1. The van der Waals surface area contributed by atoms with Gasteiger partial charge >= 0.3 is 6.18 Å². The third-order valence-electron chi connectivity index (χ3n) is 5.00. The molecule has 0 aliphatic carbocycles. The van der Waals surface area contributed by atoms with Crippen molar-refractivity contribution >= 4 is 33.2 Å². The normalized spacial score (nSPS) is 11.7. The van der Waals surface area contributed by atoms with Gasteiger partial charge in [0.05, 0.1) is 28.2 Å². The highest BCUT2D eigenvalue weighted by atomic mass is 79.9. The predicted molar refractivity (Wildman–Crippen MR) is 117 cm³/mol. The van der Waals surface area contributed by atoms with Crippen molar-refractivity contribution in [1.82, 2.24) is 19.8 Å². The van der Waals surface area contributed by atoms with Gasteiger partial charge in [0.25, 0.3) is 5.91 Å². The van der Waals surface area contributed by atoms with E-state index >= 15 is 0 Å². The van der Waals surface area contributed by atoms with Crippen LogP contribution in [-0.4, -0.2) is 25.7 Å². The Morgan fingerprint density at radius 2 is 1.78 bits per heavy atom. The van der Waals surface area contributed by atoms with Crippen molar-refractivity contribution in [1.29, 1.82) is 0 Å². The van der Waals surface area contributed by atoms with E-state index in [1.807, 2.05) is 31.2 Å². The molecule has 0 atom stereocenters. The Balaban J connectivity index is 1.77. The summed E-state index contributed by atoms with van der Waals surface area (Å²) < 4.78 is 42.2. The standard InChI is InChI=1S/C22H17BrF3N5O/c1-3-16-18(13-8-10-14(23)11-9-13)20-29-28-19(12(2)31(20)30-16)21(32)27-17-7-5-4-6-15(17)22(24,25)26/h4-11H,3H2,1-2H3,(H,27,32). The first-order valence-corrected chi connectivity index (χ1v) is 10.5. The number of aryl methyl sites for hydroxylation is 2. The van der Waals surface area contributed by atoms with E-state index in [4.69, 9.17) is 0 Å². The molecule has 2 aromatic heterocycles. The maximum Gasteiger partial charge on any atom is 0.418 e. The van der Waals surface area contributed by atoms with Crippen molar-refractivity contribution in [2.24, 2.45) is 0 Å². The van der Waals surface area contributed by atoms with Gasteiger partial charge in [-0.2, -0.15) is 18.3 Å². The van der Waals surface area contributed by atoms with E-state index in [1.54, 1.807) is 6.92 Å². The highest BCUT2D eigenvalue weighted by Gasteiger charge is 2.34. The number of alkyl halides is 3. The molecule has 32 heavy (non-hydrogen) atoms. The zero-order valence-electron chi connectivity index (χ0n) is 17.0. The van der Waals surface area contributed by atoms with E-state index in [1.165, 1.54) is 22.7 Å². The minimum atomic E-state index is -4.61. The maximum absolute atomic E-state index is 13.3. The van der Waals surface area contributed by atoms with Gasteiger partial charge in [0.1, 0.15) is 0 Å². The molecule has 0 saturated carbocycles. The first kappa shape index (κ1) is 21.9. The highest BCUT2D eigenvalue weighted by Crippen LogP contribution is 2.35. The van der Waals surface area contributed by atoms with Crippen LogP contribution < -0.4 is 5.32 Å². The van der Waals surface area contributed by atoms with Gasteiger partial charge in [0.15, 0.2) is 11.3 Å². The second-order valence-electron chi connectivity index (χ2n) is 7.05. The molecule has 2 aromatic carbocycles. The van der Waals surface area contributed by atoms with E-state index in [2.05, 4.69) is 36.5 Å². The number of rotatable bonds is 4. The fraction of sp³-hybridized carbons (Fsp3) is 0.182. The highest BCUT2D eigenvalue weighted by molar-refractivity contribution is 9.10. The molecular weight excluding hydrogens is 487 g/mol. The number of halogens is 4. The Hall–Kier alpha value is -3.27. The summed E-state index contributed by atoms with van der Waals surface area (Å²) in [6.45, 7) is 3.58. The topological polar surface area (TPSA) is 72.2 Å². The SMILES string of the molecule is CCc1nn2c(C)c(C(=O)Nc3ccccc3C(F)(F)F)nnc2c1-c1ccc(Br)cc1. The number of carbonyl (C=O) groups excluding carboxylic acids is 1. The van der Waals surface area contributed by atoms with Crippen LogP contribution in [0.15, 0.2) is 53.0 Å². The molecule has 2 heterocycles. The molecule has 0 bridgehead atoms. The van der Waals surface area contributed by atoms with E-state index in [9.17, 15) is 18.0 Å². The van der Waals surface area contributed by atoms with E-state index in [-0.39, 0.29) is 11.4 Å². The number of nitrogens with zero attached hydrogens (tertiary/aromatic N) is 4. The number of aromatic nitrogens is 4. The Labute approximate surface area is 189 Å². The molecular formula is C22H17BrF3N5O. The quantitative estimate of drug-likeness (QED) is 0.388. The average Bonchev–Trinajstić information content (AvgIpc) is 3.14. The van der Waals surface area contributed by atoms with Crippen LogP contribution in [0.3, 0.4) is 0 Å². The monoisotopic (exact) mass is 503 g/mol. The zero-order valence-corrected chi connectivity index (χ0v) is 18.6. The number of fused-ring (bicyclic) bond motifs is 1. The molecule has 0 spiro atoms. The molecule has 4 aromatic rings. The second kappa shape index (κ2) is 8.34. The van der Waals surface area contributed by atoms with Crippen LogP contribution in [-0.2, 0) is 12.6 Å². The fourth-order valence-electron chi connectivity index (χ4n) is 3.44. The molecule has 0 aliphatic heterocycles. The Morgan fingerprint density at radius 3 is 2.44 bits per heavy atom. The molecule has 0 saturated heterocycles. The van der Waals surface area contributed by atoms with Crippen LogP contribution in [0.1, 0.15) is 34.4 Å². The van der Waals surface area contributed by atoms with Crippen LogP contribution in [0.2, 0.25) is 0 Å². The van der Waals surface area contributed by atoms with Gasteiger partial charge in [-0.15, -0.1) is 10.2 Å². The van der Waals surface area contributed by atoms with Crippen molar-refractivity contribution in [3.05, 3.63) is 75.6 Å². The molecule has 164 valence electrons. The molecule has 0 aliphatic rings. The van der Waals surface area contributed by atoms with Crippen LogP contribution in [0.4, 0.5) is 18.9 Å². The number of anilines is 1. The lowest BCUT2D eigenvalue weighted by molar-refractivity contribution is -0.136. The third kappa shape index (κ3) is 3.97. The summed E-state index contributed by atoms with van der Waals surface area (Å²) in [5.41, 5.74) is 1.90. The lowest BCUT2D eigenvalue weighted by Gasteiger charge is -2.13. The van der Waals surface area contributed by atoms with Gasteiger partial charge in [0.2, 0.25) is 0 Å². The molecule has 0 fully saturated rings. The Bertz CT molecular complexity index is 1320. The largest absolute Gasteiger partial charge is 0.418 e. The molecule has 10 heteroatoms. The maximum atomic E-state index is 13.3. The number of hydrogen-bond donors (Lipinski definition) is 1. The summed E-state index contributed by atoms with van der Waals surface area (Å²) in [6, 6.07) is 12.4. The molecule has 0 unspecified atom stereocenters. The van der Waals surface area contributed by atoms with Crippen LogP contribution in [0, 0.1) is 6.92 Å². The summed E-state index contributed by atoms with van der Waals surface area (Å²) in [5, 5.41) is 15.1. The zero-order chi connectivity index (χ0) is 23.0. The van der Waals surface area contributed by atoms with Gasteiger partial charge < -0.3 is 5.32 Å². The van der Waals surface area contributed by atoms with Crippen molar-refractivity contribution in [3.63, 3.8) is 0 Å². The Kier molecular flexibility index (Phi) is 5.72. The van der Waals surface area contributed by atoms with Crippen molar-refractivity contribution in [2.45, 2.75) is 26.4 Å². The first-order chi connectivity index (χ1) is 15.2. The smallest absolute Gasteiger partial charge is 0.320 e. The summed E-state index contributed by atoms with van der Waals surface area (Å²) in [7, 11) is 0. The van der Waals surface area contributed by atoms with Gasteiger partial charge in [0, 0.05) is 4.47 Å². The summed E-state index contributed by atoms with van der Waals surface area (Å²) in [5.74, 6) is -0.799. The summed E-state index contributed by atoms with van der Waals surface area (Å²) in [6.07, 6.45) is -3.99. The summed E-state index contributed by atoms with van der Waals surface area (Å²) in [4.78, 5) is 12.8. The van der Waals surface area contributed by atoms with Crippen molar-refractivity contribution in [3.8, 4) is 11.1 Å². The average molecular weight is 504 g/mol. The van der Waals surface area contributed by atoms with Crippen molar-refractivity contribution < 1.29 is 18.0 Å². The molecule has 6 nitrogen and oxygen atoms in total. The van der Waals surface area contributed by atoms with E-state index in [0.717, 1.165) is 27.4 Å².